The maximum atomic E-state index is 11.1. The molecule has 0 saturated heterocycles. The molecule has 1 aromatic carbocycles. The number of methoxy groups -OCH3 is 1. The van der Waals surface area contributed by atoms with Crippen molar-refractivity contribution in [3.05, 3.63) is 29.3 Å². The van der Waals surface area contributed by atoms with Crippen LogP contribution < -0.4 is 4.74 Å². The van der Waals surface area contributed by atoms with E-state index in [2.05, 4.69) is 32.0 Å². The molecule has 3 heteroatoms. The lowest BCUT2D eigenvalue weighted by Gasteiger charge is -2.50. The van der Waals surface area contributed by atoms with E-state index in [9.17, 15) is 10.2 Å². The normalized spacial score (nSPS) is 42.4. The summed E-state index contributed by atoms with van der Waals surface area (Å²) >= 11 is 0. The first-order valence-corrected chi connectivity index (χ1v) is 10.00. The van der Waals surface area contributed by atoms with Crippen molar-refractivity contribution in [2.75, 3.05) is 7.11 Å². The van der Waals surface area contributed by atoms with Gasteiger partial charge in [-0.05, 0) is 85.0 Å². The van der Waals surface area contributed by atoms with Crippen molar-refractivity contribution >= 4 is 0 Å². The highest BCUT2D eigenvalue weighted by Gasteiger charge is 2.62. The van der Waals surface area contributed by atoms with Gasteiger partial charge in [0.05, 0.1) is 18.8 Å². The molecule has 138 valence electrons. The largest absolute Gasteiger partial charge is 0.497 e. The molecule has 0 bridgehead atoms. The monoisotopic (exact) mass is 344 g/mol. The van der Waals surface area contributed by atoms with Gasteiger partial charge in [0, 0.05) is 0 Å². The molecular weight excluding hydrogens is 312 g/mol. The van der Waals surface area contributed by atoms with Crippen LogP contribution in [0, 0.1) is 17.3 Å². The lowest BCUT2D eigenvalue weighted by Crippen LogP contribution is -2.47. The van der Waals surface area contributed by atoms with E-state index in [1.807, 2.05) is 0 Å². The fourth-order valence-electron chi connectivity index (χ4n) is 6.54. The van der Waals surface area contributed by atoms with Gasteiger partial charge in [-0.1, -0.05) is 26.3 Å². The molecule has 0 spiro atoms. The van der Waals surface area contributed by atoms with E-state index in [0.717, 1.165) is 37.9 Å². The number of hydrogen-bond donors (Lipinski definition) is 2. The molecule has 0 heterocycles. The fraction of sp³-hybridized carbons (Fsp3) is 0.727. The Morgan fingerprint density at radius 1 is 1.28 bits per heavy atom. The van der Waals surface area contributed by atoms with Gasteiger partial charge in [-0.2, -0.15) is 0 Å². The van der Waals surface area contributed by atoms with Crippen LogP contribution in [0.2, 0.25) is 0 Å². The molecule has 3 aliphatic carbocycles. The van der Waals surface area contributed by atoms with Gasteiger partial charge in [-0.15, -0.1) is 0 Å². The average molecular weight is 344 g/mol. The van der Waals surface area contributed by atoms with E-state index >= 15 is 0 Å². The minimum atomic E-state index is -0.886. The van der Waals surface area contributed by atoms with Gasteiger partial charge in [0.1, 0.15) is 5.75 Å². The summed E-state index contributed by atoms with van der Waals surface area (Å²) in [6, 6.07) is 6.56. The zero-order valence-corrected chi connectivity index (χ0v) is 15.8. The van der Waals surface area contributed by atoms with Gasteiger partial charge in [-0.25, -0.2) is 0 Å². The second-order valence-electron chi connectivity index (χ2n) is 8.98. The minimum absolute atomic E-state index is 0.130. The summed E-state index contributed by atoms with van der Waals surface area (Å²) in [6.45, 7) is 4.33. The van der Waals surface area contributed by atoms with Gasteiger partial charge >= 0.3 is 0 Å². The predicted molar refractivity (Wildman–Crippen MR) is 98.9 cm³/mol. The first-order chi connectivity index (χ1) is 11.9. The summed E-state index contributed by atoms with van der Waals surface area (Å²) in [5.74, 6) is 2.53. The summed E-state index contributed by atoms with van der Waals surface area (Å²) < 4.78 is 5.40. The van der Waals surface area contributed by atoms with E-state index in [0.29, 0.717) is 24.2 Å². The summed E-state index contributed by atoms with van der Waals surface area (Å²) in [5, 5.41) is 22.2. The maximum absolute atomic E-state index is 11.1. The van der Waals surface area contributed by atoms with E-state index in [1.54, 1.807) is 7.11 Å². The molecule has 0 amide bonds. The van der Waals surface area contributed by atoms with Crippen LogP contribution in [0.1, 0.15) is 69.4 Å². The van der Waals surface area contributed by atoms with Crippen LogP contribution in [0.4, 0.5) is 0 Å². The van der Waals surface area contributed by atoms with Crippen molar-refractivity contribution in [3.8, 4) is 5.75 Å². The van der Waals surface area contributed by atoms with E-state index in [1.165, 1.54) is 17.5 Å². The second kappa shape index (κ2) is 5.99. The van der Waals surface area contributed by atoms with Crippen LogP contribution in [-0.4, -0.2) is 29.0 Å². The van der Waals surface area contributed by atoms with Crippen molar-refractivity contribution in [2.45, 2.75) is 76.4 Å². The van der Waals surface area contributed by atoms with E-state index in [-0.39, 0.29) is 5.41 Å². The third kappa shape index (κ3) is 2.46. The Morgan fingerprint density at radius 2 is 2.08 bits per heavy atom. The Balaban J connectivity index is 1.67. The lowest BCUT2D eigenvalue weighted by molar-refractivity contribution is -0.103. The molecule has 1 aromatic rings. The van der Waals surface area contributed by atoms with Gasteiger partial charge in [0.15, 0.2) is 0 Å². The molecule has 4 rings (SSSR count). The first-order valence-electron chi connectivity index (χ1n) is 10.00. The Bertz CT molecular complexity index is 657. The summed E-state index contributed by atoms with van der Waals surface area (Å²) in [4.78, 5) is 0. The minimum Gasteiger partial charge on any atom is -0.497 e. The number of rotatable bonds is 3. The Labute approximate surface area is 151 Å². The van der Waals surface area contributed by atoms with Crippen molar-refractivity contribution in [3.63, 3.8) is 0 Å². The Morgan fingerprint density at radius 3 is 2.80 bits per heavy atom. The van der Waals surface area contributed by atoms with Crippen molar-refractivity contribution in [1.82, 2.24) is 0 Å². The summed E-state index contributed by atoms with van der Waals surface area (Å²) in [5.41, 5.74) is 1.91. The Kier molecular flexibility index (Phi) is 4.16. The zero-order chi connectivity index (χ0) is 17.8. The van der Waals surface area contributed by atoms with E-state index < -0.39 is 11.7 Å². The molecule has 0 aliphatic heterocycles. The number of benzene rings is 1. The average Bonchev–Trinajstić information content (AvgIpc) is 2.82. The number of ether oxygens (including phenoxy) is 1. The number of fused-ring (bicyclic) bond motifs is 5. The number of aryl methyl sites for hydroxylation is 1. The summed E-state index contributed by atoms with van der Waals surface area (Å²) in [6.07, 6.45) is 6.21. The molecule has 2 N–H and O–H groups in total. The van der Waals surface area contributed by atoms with Crippen molar-refractivity contribution in [1.29, 1.82) is 0 Å². The van der Waals surface area contributed by atoms with Crippen molar-refractivity contribution in [2.24, 2.45) is 17.3 Å². The SMILES string of the molecule is CCCC1(O)CC2C3CCc4cc(OC)ccc4C3CCC2(C)C1O. The number of aliphatic hydroxyl groups is 2. The third-order valence-electron chi connectivity index (χ3n) is 7.76. The standard InChI is InChI=1S/C22H32O3/c1-4-10-22(24)13-19-18-7-5-14-12-15(25-3)6-8-16(14)17(18)9-11-21(19,2)20(22)23/h6,8,12,17-20,23-24H,4-5,7,9-11,13H2,1-3H3. The maximum Gasteiger partial charge on any atom is 0.119 e. The highest BCUT2D eigenvalue weighted by molar-refractivity contribution is 5.41. The van der Waals surface area contributed by atoms with Gasteiger partial charge in [0.25, 0.3) is 0 Å². The zero-order valence-electron chi connectivity index (χ0n) is 15.8. The second-order valence-corrected chi connectivity index (χ2v) is 8.98. The van der Waals surface area contributed by atoms with Crippen LogP contribution in [0.15, 0.2) is 18.2 Å². The number of hydrogen-bond acceptors (Lipinski definition) is 3. The molecule has 6 atom stereocenters. The van der Waals surface area contributed by atoms with Gasteiger partial charge < -0.3 is 14.9 Å². The topological polar surface area (TPSA) is 49.7 Å². The molecule has 2 saturated carbocycles. The molecule has 0 aromatic heterocycles. The highest BCUT2D eigenvalue weighted by Crippen LogP contribution is 2.63. The lowest BCUT2D eigenvalue weighted by atomic mass is 9.55. The number of aliphatic hydroxyl groups excluding tert-OH is 1. The molecule has 6 unspecified atom stereocenters. The van der Waals surface area contributed by atoms with Gasteiger partial charge in [0.2, 0.25) is 0 Å². The molecule has 3 nitrogen and oxygen atoms in total. The van der Waals surface area contributed by atoms with Crippen LogP contribution >= 0.6 is 0 Å². The highest BCUT2D eigenvalue weighted by atomic mass is 16.5. The van der Waals surface area contributed by atoms with Crippen LogP contribution in [-0.2, 0) is 6.42 Å². The third-order valence-corrected chi connectivity index (χ3v) is 7.76. The van der Waals surface area contributed by atoms with Gasteiger partial charge in [-0.3, -0.25) is 0 Å². The molecular formula is C22H32O3. The fourth-order valence-corrected chi connectivity index (χ4v) is 6.54. The van der Waals surface area contributed by atoms with E-state index in [4.69, 9.17) is 4.74 Å². The van der Waals surface area contributed by atoms with Crippen molar-refractivity contribution < 1.29 is 14.9 Å². The van der Waals surface area contributed by atoms with Crippen LogP contribution in [0.5, 0.6) is 5.75 Å². The molecule has 2 fully saturated rings. The molecule has 25 heavy (non-hydrogen) atoms. The Hall–Kier alpha value is -1.06. The molecule has 3 aliphatic rings. The quantitative estimate of drug-likeness (QED) is 0.869. The first kappa shape index (κ1) is 17.4. The predicted octanol–water partition coefficient (Wildman–Crippen LogP) is 4.05. The van der Waals surface area contributed by atoms with Crippen LogP contribution in [0.3, 0.4) is 0 Å². The smallest absolute Gasteiger partial charge is 0.119 e. The molecule has 0 radical (unpaired) electrons. The summed E-state index contributed by atoms with van der Waals surface area (Å²) in [7, 11) is 1.73. The van der Waals surface area contributed by atoms with Crippen LogP contribution in [0.25, 0.3) is 0 Å².